The average molecular weight is 547 g/mol. The van der Waals surface area contributed by atoms with Crippen LogP contribution < -0.4 is 5.32 Å². The van der Waals surface area contributed by atoms with Crippen LogP contribution in [-0.4, -0.2) is 47.0 Å². The third kappa shape index (κ3) is 8.42. The zero-order valence-corrected chi connectivity index (χ0v) is 21.7. The molecule has 0 spiro atoms. The molecule has 1 N–H and O–H groups in total. The predicted octanol–water partition coefficient (Wildman–Crippen LogP) is 4.48. The Labute approximate surface area is 229 Å². The van der Waals surface area contributed by atoms with Crippen molar-refractivity contribution in [2.45, 2.75) is 32.8 Å². The standard InChI is InChI=1S/C29H26N2O9/c1-18-6-8-20(9-7-18)28(35)19(2)40-27(34)15-14-26(33)30-23-12-10-21(11-13-23)29(36)39-17-25(32)22-4-3-5-24(16-22)31(37)38/h3-13,16,19H,14-15,17H2,1-2H3,(H,30,33)/t19-/m1/s1. The minimum atomic E-state index is -0.993. The first-order valence-electron chi connectivity index (χ1n) is 12.2. The molecule has 1 amide bonds. The molecule has 0 fully saturated rings. The summed E-state index contributed by atoms with van der Waals surface area (Å²) in [5.41, 5.74) is 1.66. The number of Topliss-reactive ketones (excluding diaryl/α,β-unsaturated/α-hetero) is 2. The van der Waals surface area contributed by atoms with Crippen LogP contribution in [0.15, 0.2) is 72.8 Å². The quantitative estimate of drug-likeness (QED) is 0.150. The lowest BCUT2D eigenvalue weighted by molar-refractivity contribution is -0.384. The van der Waals surface area contributed by atoms with Gasteiger partial charge in [0.1, 0.15) is 0 Å². The van der Waals surface area contributed by atoms with Gasteiger partial charge in [-0.1, -0.05) is 42.0 Å². The first-order valence-corrected chi connectivity index (χ1v) is 12.2. The maximum atomic E-state index is 12.4. The summed E-state index contributed by atoms with van der Waals surface area (Å²) < 4.78 is 10.1. The van der Waals surface area contributed by atoms with Gasteiger partial charge in [0.05, 0.1) is 16.9 Å². The molecule has 3 aromatic rings. The molecular formula is C29H26N2O9. The van der Waals surface area contributed by atoms with Crippen molar-refractivity contribution in [1.82, 2.24) is 0 Å². The van der Waals surface area contributed by atoms with Gasteiger partial charge >= 0.3 is 11.9 Å². The molecule has 206 valence electrons. The summed E-state index contributed by atoms with van der Waals surface area (Å²) in [6, 6.07) is 17.6. The summed E-state index contributed by atoms with van der Waals surface area (Å²) in [4.78, 5) is 71.4. The summed E-state index contributed by atoms with van der Waals surface area (Å²) in [6.07, 6.45) is -1.42. The molecule has 0 aromatic heterocycles. The largest absolute Gasteiger partial charge is 0.454 e. The molecule has 3 aromatic carbocycles. The van der Waals surface area contributed by atoms with Crippen molar-refractivity contribution in [3.63, 3.8) is 0 Å². The van der Waals surface area contributed by atoms with Crippen molar-refractivity contribution in [1.29, 1.82) is 0 Å². The second-order valence-electron chi connectivity index (χ2n) is 8.79. The van der Waals surface area contributed by atoms with Gasteiger partial charge in [-0.3, -0.25) is 29.3 Å². The molecule has 3 rings (SSSR count). The Morgan fingerprint density at radius 2 is 1.52 bits per heavy atom. The highest BCUT2D eigenvalue weighted by atomic mass is 16.6. The Bertz CT molecular complexity index is 1430. The number of aryl methyl sites for hydroxylation is 1. The van der Waals surface area contributed by atoms with Crippen LogP contribution in [-0.2, 0) is 19.1 Å². The SMILES string of the molecule is Cc1ccc(C(=O)[C@@H](C)OC(=O)CCC(=O)Nc2ccc(C(=O)OCC(=O)c3cccc([N+](=O)[O-])c3)cc2)cc1. The second-order valence-corrected chi connectivity index (χ2v) is 8.79. The Morgan fingerprint density at radius 3 is 2.17 bits per heavy atom. The van der Waals surface area contributed by atoms with Crippen molar-refractivity contribution < 1.29 is 38.4 Å². The average Bonchev–Trinajstić information content (AvgIpc) is 2.95. The maximum absolute atomic E-state index is 12.4. The lowest BCUT2D eigenvalue weighted by Gasteiger charge is -2.12. The molecule has 11 nitrogen and oxygen atoms in total. The number of benzene rings is 3. The van der Waals surface area contributed by atoms with E-state index in [1.165, 1.54) is 49.4 Å². The summed E-state index contributed by atoms with van der Waals surface area (Å²) >= 11 is 0. The van der Waals surface area contributed by atoms with Crippen molar-refractivity contribution in [3.8, 4) is 0 Å². The molecule has 1 atom stereocenters. The van der Waals surface area contributed by atoms with E-state index in [0.717, 1.165) is 11.6 Å². The second kappa shape index (κ2) is 13.6. The Balaban J connectivity index is 1.42. The predicted molar refractivity (Wildman–Crippen MR) is 143 cm³/mol. The van der Waals surface area contributed by atoms with E-state index in [1.807, 2.05) is 6.92 Å². The van der Waals surface area contributed by atoms with E-state index in [4.69, 9.17) is 9.47 Å². The van der Waals surface area contributed by atoms with Crippen molar-refractivity contribution in [2.24, 2.45) is 0 Å². The fourth-order valence-corrected chi connectivity index (χ4v) is 3.48. The van der Waals surface area contributed by atoms with Crippen molar-refractivity contribution in [3.05, 3.63) is 105 Å². The molecular weight excluding hydrogens is 520 g/mol. The number of carbonyl (C=O) groups is 5. The number of hydrogen-bond donors (Lipinski definition) is 1. The number of nitrogens with one attached hydrogen (secondary N) is 1. The highest BCUT2D eigenvalue weighted by Gasteiger charge is 2.20. The minimum absolute atomic E-state index is 0.0382. The Kier molecular flexibility index (Phi) is 9.95. The molecule has 0 heterocycles. The molecule has 0 aliphatic carbocycles. The van der Waals surface area contributed by atoms with E-state index in [2.05, 4.69) is 5.32 Å². The first kappa shape index (κ1) is 29.4. The van der Waals surface area contributed by atoms with Crippen LogP contribution in [0.4, 0.5) is 11.4 Å². The van der Waals surface area contributed by atoms with Crippen LogP contribution >= 0.6 is 0 Å². The minimum Gasteiger partial charge on any atom is -0.454 e. The van der Waals surface area contributed by atoms with Gasteiger partial charge in [0.2, 0.25) is 17.5 Å². The molecule has 0 aliphatic rings. The molecule has 0 unspecified atom stereocenters. The summed E-state index contributed by atoms with van der Waals surface area (Å²) in [5.74, 6) is -2.92. The number of rotatable bonds is 12. The number of carbonyl (C=O) groups excluding carboxylic acids is 5. The van der Waals surface area contributed by atoms with Crippen LogP contribution in [0.1, 0.15) is 56.4 Å². The van der Waals surface area contributed by atoms with E-state index in [-0.39, 0.29) is 35.4 Å². The number of amides is 1. The summed E-state index contributed by atoms with van der Waals surface area (Å²) in [6.45, 7) is 2.75. The molecule has 0 radical (unpaired) electrons. The highest BCUT2D eigenvalue weighted by molar-refractivity contribution is 6.01. The normalized spacial score (nSPS) is 11.2. The van der Waals surface area contributed by atoms with Gasteiger partial charge in [-0.2, -0.15) is 0 Å². The van der Waals surface area contributed by atoms with Crippen molar-refractivity contribution in [2.75, 3.05) is 11.9 Å². The zero-order chi connectivity index (χ0) is 29.2. The van der Waals surface area contributed by atoms with Gasteiger partial charge in [-0.25, -0.2) is 4.79 Å². The van der Waals surface area contributed by atoms with Crippen LogP contribution in [0.2, 0.25) is 0 Å². The third-order valence-corrected chi connectivity index (χ3v) is 5.69. The number of nitro groups is 1. The van der Waals surface area contributed by atoms with Gasteiger partial charge in [0.15, 0.2) is 12.7 Å². The Hall–Kier alpha value is -5.19. The van der Waals surface area contributed by atoms with Gasteiger partial charge in [0.25, 0.3) is 5.69 Å². The molecule has 0 saturated carbocycles. The number of non-ortho nitro benzene ring substituents is 1. The number of hydrogen-bond acceptors (Lipinski definition) is 9. The third-order valence-electron chi connectivity index (χ3n) is 5.69. The monoisotopic (exact) mass is 546 g/mol. The molecule has 40 heavy (non-hydrogen) atoms. The fraction of sp³-hybridized carbons (Fsp3) is 0.207. The smallest absolute Gasteiger partial charge is 0.338 e. The number of ether oxygens (including phenoxy) is 2. The molecule has 0 aliphatic heterocycles. The topological polar surface area (TPSA) is 159 Å². The number of esters is 2. The van der Waals surface area contributed by atoms with E-state index >= 15 is 0 Å². The maximum Gasteiger partial charge on any atom is 0.338 e. The Morgan fingerprint density at radius 1 is 0.875 bits per heavy atom. The zero-order valence-electron chi connectivity index (χ0n) is 21.7. The number of ketones is 2. The van der Waals surface area contributed by atoms with Gasteiger partial charge in [0, 0.05) is 35.4 Å². The van der Waals surface area contributed by atoms with Crippen LogP contribution in [0, 0.1) is 17.0 Å². The van der Waals surface area contributed by atoms with Crippen LogP contribution in [0.25, 0.3) is 0 Å². The number of nitrogens with zero attached hydrogens (tertiary/aromatic N) is 1. The van der Waals surface area contributed by atoms with Crippen LogP contribution in [0.3, 0.4) is 0 Å². The lowest BCUT2D eigenvalue weighted by Crippen LogP contribution is -2.25. The summed E-state index contributed by atoms with van der Waals surface area (Å²) in [5, 5.41) is 13.4. The molecule has 0 bridgehead atoms. The van der Waals surface area contributed by atoms with Gasteiger partial charge in [-0.05, 0) is 38.1 Å². The molecule has 11 heteroatoms. The number of anilines is 1. The first-order chi connectivity index (χ1) is 19.0. The van der Waals surface area contributed by atoms with Crippen LogP contribution in [0.5, 0.6) is 0 Å². The van der Waals surface area contributed by atoms with E-state index in [1.54, 1.807) is 24.3 Å². The van der Waals surface area contributed by atoms with E-state index < -0.39 is 41.3 Å². The van der Waals surface area contributed by atoms with Gasteiger partial charge < -0.3 is 14.8 Å². The van der Waals surface area contributed by atoms with Gasteiger partial charge in [-0.15, -0.1) is 0 Å². The fourth-order valence-electron chi connectivity index (χ4n) is 3.48. The van der Waals surface area contributed by atoms with E-state index in [9.17, 15) is 34.1 Å². The molecule has 0 saturated heterocycles. The number of nitro benzene ring substituents is 1. The van der Waals surface area contributed by atoms with Crippen molar-refractivity contribution >= 4 is 40.8 Å². The lowest BCUT2D eigenvalue weighted by atomic mass is 10.1. The highest BCUT2D eigenvalue weighted by Crippen LogP contribution is 2.15. The summed E-state index contributed by atoms with van der Waals surface area (Å²) in [7, 11) is 0. The van der Waals surface area contributed by atoms with E-state index in [0.29, 0.717) is 11.3 Å².